The molecule has 0 unspecified atom stereocenters. The van der Waals surface area contributed by atoms with Gasteiger partial charge in [0.2, 0.25) is 0 Å². The molecule has 23 heavy (non-hydrogen) atoms. The van der Waals surface area contributed by atoms with Crippen LogP contribution in [0.5, 0.6) is 5.75 Å². The van der Waals surface area contributed by atoms with Crippen molar-refractivity contribution >= 4 is 15.9 Å². The summed E-state index contributed by atoms with van der Waals surface area (Å²) in [5.41, 5.74) is 3.27. The quantitative estimate of drug-likeness (QED) is 0.815. The largest absolute Gasteiger partial charge is 0.492 e. The maximum absolute atomic E-state index is 12.4. The molecule has 0 aliphatic carbocycles. The number of carbonyl (C=O) groups is 1. The molecular weight excluding hydrogens is 318 g/mol. The van der Waals surface area contributed by atoms with Crippen molar-refractivity contribution in [1.82, 2.24) is 15.2 Å². The van der Waals surface area contributed by atoms with Gasteiger partial charge < -0.3 is 4.74 Å². The van der Waals surface area contributed by atoms with E-state index in [2.05, 4.69) is 15.2 Å². The maximum atomic E-state index is 12.4. The van der Waals surface area contributed by atoms with Crippen LogP contribution < -0.4 is 15.0 Å². The molecule has 0 atom stereocenters. The highest BCUT2D eigenvalue weighted by atomic mass is 32.2. The van der Waals surface area contributed by atoms with Crippen LogP contribution in [0.25, 0.3) is 0 Å². The van der Waals surface area contributed by atoms with Crippen molar-refractivity contribution in [3.63, 3.8) is 0 Å². The second-order valence-corrected chi connectivity index (χ2v) is 6.65. The number of para-hydroxylation sites is 1. The summed E-state index contributed by atoms with van der Waals surface area (Å²) < 4.78 is 30.3. The average molecular weight is 333 g/mol. The van der Waals surface area contributed by atoms with Crippen molar-refractivity contribution in [2.24, 2.45) is 0 Å². The molecule has 8 heteroatoms. The SMILES string of the molecule is O=C(NNS(=O)(=O)c1cccc2c1OCCC2)c1cccnc1. The third-order valence-corrected chi connectivity index (χ3v) is 4.68. The molecule has 0 fully saturated rings. The smallest absolute Gasteiger partial charge is 0.267 e. The van der Waals surface area contributed by atoms with Gasteiger partial charge >= 0.3 is 0 Å². The second kappa shape index (κ2) is 6.35. The van der Waals surface area contributed by atoms with E-state index in [1.165, 1.54) is 24.5 Å². The average Bonchev–Trinajstić information content (AvgIpc) is 2.60. The van der Waals surface area contributed by atoms with Crippen molar-refractivity contribution in [3.05, 3.63) is 53.9 Å². The number of ether oxygens (including phenoxy) is 1. The molecule has 0 radical (unpaired) electrons. The normalized spacial score (nSPS) is 13.7. The minimum Gasteiger partial charge on any atom is -0.492 e. The van der Waals surface area contributed by atoms with Gasteiger partial charge in [0.1, 0.15) is 10.6 Å². The molecule has 0 spiro atoms. The first-order valence-corrected chi connectivity index (χ1v) is 8.53. The van der Waals surface area contributed by atoms with Gasteiger partial charge in [-0.25, -0.2) is 8.42 Å². The van der Waals surface area contributed by atoms with Crippen molar-refractivity contribution in [3.8, 4) is 5.75 Å². The number of hydrogen-bond donors (Lipinski definition) is 2. The zero-order chi connectivity index (χ0) is 16.3. The molecule has 1 aromatic carbocycles. The van der Waals surface area contributed by atoms with Crippen molar-refractivity contribution in [2.75, 3.05) is 6.61 Å². The first-order valence-electron chi connectivity index (χ1n) is 7.05. The number of aromatic nitrogens is 1. The third kappa shape index (κ3) is 3.33. The third-order valence-electron chi connectivity index (χ3n) is 3.41. The monoisotopic (exact) mass is 333 g/mol. The molecule has 2 heterocycles. The van der Waals surface area contributed by atoms with Crippen LogP contribution in [0.4, 0.5) is 0 Å². The lowest BCUT2D eigenvalue weighted by atomic mass is 10.1. The number of amides is 1. The van der Waals surface area contributed by atoms with Crippen LogP contribution in [0.3, 0.4) is 0 Å². The molecule has 0 saturated carbocycles. The lowest BCUT2D eigenvalue weighted by Crippen LogP contribution is -2.41. The van der Waals surface area contributed by atoms with Crippen molar-refractivity contribution in [2.45, 2.75) is 17.7 Å². The number of pyridine rings is 1. The van der Waals surface area contributed by atoms with Gasteiger partial charge in [0, 0.05) is 12.4 Å². The number of carbonyl (C=O) groups excluding carboxylic acids is 1. The zero-order valence-electron chi connectivity index (χ0n) is 12.2. The van der Waals surface area contributed by atoms with E-state index in [9.17, 15) is 13.2 Å². The Morgan fingerprint density at radius 3 is 2.87 bits per heavy atom. The Hall–Kier alpha value is -2.45. The van der Waals surface area contributed by atoms with Gasteiger partial charge in [0.25, 0.3) is 15.9 Å². The van der Waals surface area contributed by atoms with Gasteiger partial charge in [-0.1, -0.05) is 12.1 Å². The van der Waals surface area contributed by atoms with E-state index in [4.69, 9.17) is 4.74 Å². The van der Waals surface area contributed by atoms with Crippen LogP contribution in [-0.4, -0.2) is 25.9 Å². The molecule has 0 bridgehead atoms. The van der Waals surface area contributed by atoms with E-state index in [-0.39, 0.29) is 10.5 Å². The van der Waals surface area contributed by atoms with E-state index in [1.54, 1.807) is 12.1 Å². The molecule has 1 aromatic heterocycles. The first-order chi connectivity index (χ1) is 11.1. The summed E-state index contributed by atoms with van der Waals surface area (Å²) in [5.74, 6) is -0.241. The van der Waals surface area contributed by atoms with Crippen LogP contribution >= 0.6 is 0 Å². The highest BCUT2D eigenvalue weighted by Crippen LogP contribution is 2.31. The minimum absolute atomic E-state index is 0.0150. The number of benzene rings is 1. The fraction of sp³-hybridized carbons (Fsp3) is 0.200. The fourth-order valence-corrected chi connectivity index (χ4v) is 3.34. The van der Waals surface area contributed by atoms with Gasteiger partial charge in [0.15, 0.2) is 0 Å². The van der Waals surface area contributed by atoms with Crippen LogP contribution in [0.15, 0.2) is 47.6 Å². The number of nitrogens with one attached hydrogen (secondary N) is 2. The topological polar surface area (TPSA) is 97.4 Å². The lowest BCUT2D eigenvalue weighted by molar-refractivity contribution is 0.0944. The standard InChI is InChI=1S/C15H15N3O4S/c19-15(12-5-2-8-16-10-12)17-18-23(20,21)13-7-1-4-11-6-3-9-22-14(11)13/h1-2,4-5,7-8,10,18H,3,6,9H2,(H,17,19). The van der Waals surface area contributed by atoms with Crippen LogP contribution in [0.1, 0.15) is 22.3 Å². The number of rotatable bonds is 4. The van der Waals surface area contributed by atoms with E-state index in [0.29, 0.717) is 12.4 Å². The van der Waals surface area contributed by atoms with Gasteiger partial charge in [-0.05, 0) is 36.6 Å². The molecule has 7 nitrogen and oxygen atoms in total. The van der Waals surface area contributed by atoms with Crippen molar-refractivity contribution < 1.29 is 17.9 Å². The zero-order valence-corrected chi connectivity index (χ0v) is 13.0. The predicted molar refractivity (Wildman–Crippen MR) is 82.3 cm³/mol. The predicted octanol–water partition coefficient (Wildman–Crippen LogP) is 1.03. The second-order valence-electron chi connectivity index (χ2n) is 5.00. The number of nitrogens with zero attached hydrogens (tertiary/aromatic N) is 1. The van der Waals surface area contributed by atoms with Crippen molar-refractivity contribution in [1.29, 1.82) is 0 Å². The Morgan fingerprint density at radius 2 is 2.09 bits per heavy atom. The Kier molecular flexibility index (Phi) is 4.26. The van der Waals surface area contributed by atoms with Gasteiger partial charge in [-0.2, -0.15) is 0 Å². The number of hydrogen-bond acceptors (Lipinski definition) is 5. The molecule has 1 aliphatic rings. The van der Waals surface area contributed by atoms with Crippen LogP contribution in [-0.2, 0) is 16.4 Å². The summed E-state index contributed by atoms with van der Waals surface area (Å²) >= 11 is 0. The summed E-state index contributed by atoms with van der Waals surface area (Å²) in [6, 6.07) is 8.06. The summed E-state index contributed by atoms with van der Waals surface area (Å²) in [6.45, 7) is 0.474. The minimum atomic E-state index is -3.93. The van der Waals surface area contributed by atoms with Gasteiger partial charge in [-0.15, -0.1) is 4.83 Å². The van der Waals surface area contributed by atoms with Crippen LogP contribution in [0, 0.1) is 0 Å². The summed E-state index contributed by atoms with van der Waals surface area (Å²) in [5, 5.41) is 0. The van der Waals surface area contributed by atoms with Gasteiger partial charge in [-0.3, -0.25) is 15.2 Å². The van der Waals surface area contributed by atoms with E-state index >= 15 is 0 Å². The number of sulfonamides is 1. The molecule has 1 amide bonds. The maximum Gasteiger partial charge on any atom is 0.267 e. The Morgan fingerprint density at radius 1 is 1.22 bits per heavy atom. The molecule has 3 rings (SSSR count). The molecule has 1 aliphatic heterocycles. The van der Waals surface area contributed by atoms with Gasteiger partial charge in [0.05, 0.1) is 12.2 Å². The Bertz CT molecular complexity index is 822. The fourth-order valence-electron chi connectivity index (χ4n) is 2.31. The molecular formula is C15H15N3O4S. The molecule has 0 saturated heterocycles. The Labute approximate surface area is 133 Å². The highest BCUT2D eigenvalue weighted by molar-refractivity contribution is 7.89. The Balaban J connectivity index is 1.79. The molecule has 120 valence electrons. The summed E-state index contributed by atoms with van der Waals surface area (Å²) in [7, 11) is -3.93. The van der Waals surface area contributed by atoms with Crippen LogP contribution in [0.2, 0.25) is 0 Å². The first kappa shape index (κ1) is 15.4. The summed E-state index contributed by atoms with van der Waals surface area (Å²) in [6.07, 6.45) is 4.48. The highest BCUT2D eigenvalue weighted by Gasteiger charge is 2.24. The molecule has 2 N–H and O–H groups in total. The molecule has 2 aromatic rings. The van der Waals surface area contributed by atoms with E-state index in [0.717, 1.165) is 18.4 Å². The number of fused-ring (bicyclic) bond motifs is 1. The summed E-state index contributed by atoms with van der Waals surface area (Å²) in [4.78, 5) is 17.8. The lowest BCUT2D eigenvalue weighted by Gasteiger charge is -2.20. The number of hydrazine groups is 1. The van der Waals surface area contributed by atoms with E-state index in [1.807, 2.05) is 6.07 Å². The number of aryl methyl sites for hydroxylation is 1. The van der Waals surface area contributed by atoms with E-state index < -0.39 is 15.9 Å².